The fourth-order valence-electron chi connectivity index (χ4n) is 4.26. The molecule has 0 bridgehead atoms. The molecule has 0 saturated heterocycles. The van der Waals surface area contributed by atoms with Gasteiger partial charge in [0.05, 0.1) is 29.5 Å². The number of anilines is 1. The van der Waals surface area contributed by atoms with Gasteiger partial charge >= 0.3 is 5.97 Å². The van der Waals surface area contributed by atoms with Crippen LogP contribution in [-0.2, 0) is 11.8 Å². The highest BCUT2D eigenvalue weighted by Crippen LogP contribution is 2.28. The summed E-state index contributed by atoms with van der Waals surface area (Å²) in [6, 6.07) is 24.7. The number of unbranched alkanes of at least 4 members (excludes halogenated alkanes) is 1. The topological polar surface area (TPSA) is 65.3 Å². The molecule has 0 spiro atoms. The molecule has 0 aliphatic carbocycles. The quantitative estimate of drug-likeness (QED) is 0.236. The lowest BCUT2D eigenvalue weighted by Crippen LogP contribution is -2.24. The molecule has 1 aromatic heterocycles. The van der Waals surface area contributed by atoms with E-state index in [-0.39, 0.29) is 17.6 Å². The fraction of sp³-hybridized carbons (Fsp3) is 0.267. The number of carbonyl (C=O) groups excluding carboxylic acids is 1. The van der Waals surface area contributed by atoms with Gasteiger partial charge in [-0.1, -0.05) is 61.4 Å². The zero-order valence-corrected chi connectivity index (χ0v) is 21.3. The van der Waals surface area contributed by atoms with Crippen LogP contribution in [-0.4, -0.2) is 21.9 Å². The van der Waals surface area contributed by atoms with Gasteiger partial charge in [0.1, 0.15) is 0 Å². The lowest BCUT2D eigenvalue weighted by Gasteiger charge is -2.20. The molecule has 4 aromatic rings. The van der Waals surface area contributed by atoms with Gasteiger partial charge in [0, 0.05) is 18.4 Å². The first-order valence-electron chi connectivity index (χ1n) is 12.3. The Hall–Kier alpha value is -4.06. The summed E-state index contributed by atoms with van der Waals surface area (Å²) in [5.41, 5.74) is 5.73. The SMILES string of the molecule is CCCCOC(=O)c1ccc(N[C@@H](c2ccc(C)cc2)c2c(C)n(C)n(-c3ccccc3)c2=O)cc1. The molecule has 1 N–H and O–H groups in total. The summed E-state index contributed by atoms with van der Waals surface area (Å²) < 4.78 is 8.91. The first-order chi connectivity index (χ1) is 17.4. The van der Waals surface area contributed by atoms with Gasteiger partial charge in [-0.3, -0.25) is 9.48 Å². The highest BCUT2D eigenvalue weighted by Gasteiger charge is 2.25. The fourth-order valence-corrected chi connectivity index (χ4v) is 4.26. The number of nitrogens with zero attached hydrogens (tertiary/aromatic N) is 2. The molecule has 4 rings (SSSR count). The third-order valence-electron chi connectivity index (χ3n) is 6.46. The van der Waals surface area contributed by atoms with E-state index in [1.165, 1.54) is 0 Å². The minimum Gasteiger partial charge on any atom is -0.462 e. The van der Waals surface area contributed by atoms with Crippen LogP contribution in [0.4, 0.5) is 5.69 Å². The summed E-state index contributed by atoms with van der Waals surface area (Å²) in [6.07, 6.45) is 1.82. The van der Waals surface area contributed by atoms with Crippen molar-refractivity contribution in [2.45, 2.75) is 39.7 Å². The van der Waals surface area contributed by atoms with E-state index in [0.29, 0.717) is 17.7 Å². The maximum absolute atomic E-state index is 13.8. The number of aromatic nitrogens is 2. The van der Waals surface area contributed by atoms with E-state index in [4.69, 9.17) is 4.74 Å². The van der Waals surface area contributed by atoms with E-state index >= 15 is 0 Å². The second-order valence-corrected chi connectivity index (χ2v) is 9.03. The summed E-state index contributed by atoms with van der Waals surface area (Å²) in [4.78, 5) is 26.1. The van der Waals surface area contributed by atoms with Gasteiger partial charge in [-0.2, -0.15) is 0 Å². The Morgan fingerprint density at radius 2 is 1.61 bits per heavy atom. The predicted octanol–water partition coefficient (Wildman–Crippen LogP) is 5.95. The van der Waals surface area contributed by atoms with Crippen LogP contribution in [0.5, 0.6) is 0 Å². The van der Waals surface area contributed by atoms with E-state index in [9.17, 15) is 9.59 Å². The summed E-state index contributed by atoms with van der Waals surface area (Å²) in [5, 5.41) is 3.54. The molecule has 0 saturated carbocycles. The third-order valence-corrected chi connectivity index (χ3v) is 6.46. The molecule has 1 heterocycles. The van der Waals surface area contributed by atoms with Crippen molar-refractivity contribution >= 4 is 11.7 Å². The molecule has 0 fully saturated rings. The number of rotatable bonds is 9. The average Bonchev–Trinajstić information content (AvgIpc) is 3.11. The molecule has 0 radical (unpaired) electrons. The highest BCUT2D eigenvalue weighted by molar-refractivity contribution is 5.89. The van der Waals surface area contributed by atoms with Crippen LogP contribution in [0.3, 0.4) is 0 Å². The number of hydrogen-bond acceptors (Lipinski definition) is 4. The van der Waals surface area contributed by atoms with Crippen LogP contribution in [0.1, 0.15) is 58.5 Å². The van der Waals surface area contributed by atoms with E-state index in [1.807, 2.05) is 92.3 Å². The van der Waals surface area contributed by atoms with Crippen molar-refractivity contribution in [3.05, 3.63) is 117 Å². The third kappa shape index (κ3) is 5.28. The number of nitrogens with one attached hydrogen (secondary N) is 1. The maximum Gasteiger partial charge on any atom is 0.338 e. The Bertz CT molecular complexity index is 1370. The van der Waals surface area contributed by atoms with Crippen LogP contribution in [0.25, 0.3) is 5.69 Å². The van der Waals surface area contributed by atoms with Crippen LogP contribution in [0.15, 0.2) is 83.7 Å². The smallest absolute Gasteiger partial charge is 0.338 e. The number of esters is 1. The molecule has 0 aliphatic heterocycles. The standard InChI is InChI=1S/C30H33N3O3/c1-5-6-20-36-30(35)24-16-18-25(19-17-24)31-28(23-14-12-21(2)13-15-23)27-22(3)32(4)33(29(27)34)26-10-8-7-9-11-26/h7-19,28,31H,5-6,20H2,1-4H3/t28-/m0/s1. The number of carbonyl (C=O) groups is 1. The predicted molar refractivity (Wildman–Crippen MR) is 144 cm³/mol. The van der Waals surface area contributed by atoms with Gasteiger partial charge in [-0.15, -0.1) is 0 Å². The van der Waals surface area contributed by atoms with Crippen molar-refractivity contribution in [3.63, 3.8) is 0 Å². The summed E-state index contributed by atoms with van der Waals surface area (Å²) in [7, 11) is 1.90. The van der Waals surface area contributed by atoms with Crippen molar-refractivity contribution < 1.29 is 9.53 Å². The number of ether oxygens (including phenoxy) is 1. The van der Waals surface area contributed by atoms with Crippen molar-refractivity contribution in [2.75, 3.05) is 11.9 Å². The van der Waals surface area contributed by atoms with Gasteiger partial charge < -0.3 is 10.1 Å². The number of aryl methyl sites for hydroxylation is 1. The Balaban J connectivity index is 1.71. The molecule has 36 heavy (non-hydrogen) atoms. The van der Waals surface area contributed by atoms with E-state index in [1.54, 1.807) is 16.8 Å². The van der Waals surface area contributed by atoms with E-state index in [2.05, 4.69) is 12.2 Å². The minimum absolute atomic E-state index is 0.0737. The average molecular weight is 484 g/mol. The van der Waals surface area contributed by atoms with E-state index in [0.717, 1.165) is 41.0 Å². The molecule has 0 unspecified atom stereocenters. The van der Waals surface area contributed by atoms with Gasteiger partial charge in [-0.05, 0) is 62.2 Å². The number of benzene rings is 3. The van der Waals surface area contributed by atoms with Crippen molar-refractivity contribution in [1.82, 2.24) is 9.36 Å². The molecular weight excluding hydrogens is 450 g/mol. The van der Waals surface area contributed by atoms with Crippen molar-refractivity contribution in [3.8, 4) is 5.69 Å². The molecule has 1 atom stereocenters. The molecule has 3 aromatic carbocycles. The Morgan fingerprint density at radius 1 is 0.944 bits per heavy atom. The van der Waals surface area contributed by atoms with E-state index < -0.39 is 0 Å². The monoisotopic (exact) mass is 483 g/mol. The van der Waals surface area contributed by atoms with Crippen LogP contribution in [0.2, 0.25) is 0 Å². The number of para-hydroxylation sites is 1. The molecule has 186 valence electrons. The van der Waals surface area contributed by atoms with Crippen LogP contribution >= 0.6 is 0 Å². The molecule has 0 amide bonds. The van der Waals surface area contributed by atoms with Crippen LogP contribution in [0, 0.1) is 13.8 Å². The van der Waals surface area contributed by atoms with Gasteiger partial charge in [-0.25, -0.2) is 9.48 Å². The minimum atomic E-state index is -0.378. The van der Waals surface area contributed by atoms with Crippen LogP contribution < -0.4 is 10.9 Å². The van der Waals surface area contributed by atoms with Gasteiger partial charge in [0.15, 0.2) is 0 Å². The lowest BCUT2D eigenvalue weighted by molar-refractivity contribution is 0.0500. The molecular formula is C30H33N3O3. The summed E-state index contributed by atoms with van der Waals surface area (Å²) in [6.45, 7) is 6.49. The first kappa shape index (κ1) is 25.0. The molecule has 0 aliphatic rings. The Kier molecular flexibility index (Phi) is 7.74. The molecule has 6 nitrogen and oxygen atoms in total. The zero-order chi connectivity index (χ0) is 25.7. The lowest BCUT2D eigenvalue weighted by atomic mass is 9.97. The highest BCUT2D eigenvalue weighted by atomic mass is 16.5. The summed E-state index contributed by atoms with van der Waals surface area (Å²) >= 11 is 0. The number of hydrogen-bond donors (Lipinski definition) is 1. The Labute approximate surface area is 212 Å². The first-order valence-corrected chi connectivity index (χ1v) is 12.3. The second kappa shape index (κ2) is 11.1. The second-order valence-electron chi connectivity index (χ2n) is 9.03. The maximum atomic E-state index is 13.8. The largest absolute Gasteiger partial charge is 0.462 e. The zero-order valence-electron chi connectivity index (χ0n) is 21.3. The van der Waals surface area contributed by atoms with Crippen molar-refractivity contribution in [2.24, 2.45) is 7.05 Å². The Morgan fingerprint density at radius 3 is 2.25 bits per heavy atom. The van der Waals surface area contributed by atoms with Gasteiger partial charge in [0.2, 0.25) is 0 Å². The summed E-state index contributed by atoms with van der Waals surface area (Å²) in [5.74, 6) is -0.324. The molecule has 6 heteroatoms. The van der Waals surface area contributed by atoms with Gasteiger partial charge in [0.25, 0.3) is 5.56 Å². The normalized spacial score (nSPS) is 11.8. The van der Waals surface area contributed by atoms with Crippen molar-refractivity contribution in [1.29, 1.82) is 0 Å².